The molecular formula is C13H23NO3. The first-order chi connectivity index (χ1) is 8.16. The molecule has 98 valence electrons. The Bertz CT molecular complexity index is 265. The fraction of sp³-hybridized carbons (Fsp3) is 0.846. The second-order valence-corrected chi connectivity index (χ2v) is 4.75. The summed E-state index contributed by atoms with van der Waals surface area (Å²) < 4.78 is 0. The lowest BCUT2D eigenvalue weighted by Crippen LogP contribution is -2.47. The minimum absolute atomic E-state index is 0.0215. The highest BCUT2D eigenvalue weighted by Crippen LogP contribution is 2.19. The van der Waals surface area contributed by atoms with Gasteiger partial charge in [-0.25, -0.2) is 4.79 Å². The lowest BCUT2D eigenvalue weighted by Gasteiger charge is -2.33. The van der Waals surface area contributed by atoms with E-state index in [1.165, 1.54) is 0 Å². The van der Waals surface area contributed by atoms with E-state index in [4.69, 9.17) is 5.11 Å². The summed E-state index contributed by atoms with van der Waals surface area (Å²) in [7, 11) is 0. The van der Waals surface area contributed by atoms with Gasteiger partial charge in [0.05, 0.1) is 0 Å². The van der Waals surface area contributed by atoms with Crippen LogP contribution in [0.5, 0.6) is 0 Å². The van der Waals surface area contributed by atoms with Gasteiger partial charge in [-0.05, 0) is 25.7 Å². The summed E-state index contributed by atoms with van der Waals surface area (Å²) in [6, 6.07) is -0.581. The molecule has 1 amide bonds. The highest BCUT2D eigenvalue weighted by atomic mass is 16.4. The first kappa shape index (κ1) is 14.0. The van der Waals surface area contributed by atoms with Crippen LogP contribution in [0.4, 0.5) is 0 Å². The van der Waals surface area contributed by atoms with Crippen LogP contribution in [-0.2, 0) is 9.59 Å². The van der Waals surface area contributed by atoms with Gasteiger partial charge < -0.3 is 10.0 Å². The maximum absolute atomic E-state index is 11.9. The van der Waals surface area contributed by atoms with E-state index < -0.39 is 12.0 Å². The van der Waals surface area contributed by atoms with E-state index in [1.807, 2.05) is 0 Å². The van der Waals surface area contributed by atoms with E-state index in [0.717, 1.165) is 38.5 Å². The summed E-state index contributed by atoms with van der Waals surface area (Å²) in [5, 5.41) is 9.07. The normalized spacial score (nSPS) is 20.3. The van der Waals surface area contributed by atoms with Crippen molar-refractivity contribution >= 4 is 11.9 Å². The van der Waals surface area contributed by atoms with E-state index in [9.17, 15) is 9.59 Å². The van der Waals surface area contributed by atoms with E-state index in [-0.39, 0.29) is 5.91 Å². The third-order valence-corrected chi connectivity index (χ3v) is 3.35. The van der Waals surface area contributed by atoms with Crippen LogP contribution >= 0.6 is 0 Å². The van der Waals surface area contributed by atoms with Crippen molar-refractivity contribution in [3.05, 3.63) is 0 Å². The summed E-state index contributed by atoms with van der Waals surface area (Å²) in [5.41, 5.74) is 0. The Labute approximate surface area is 103 Å². The zero-order valence-electron chi connectivity index (χ0n) is 10.7. The summed E-state index contributed by atoms with van der Waals surface area (Å²) in [6.45, 7) is 2.75. The van der Waals surface area contributed by atoms with Gasteiger partial charge in [-0.15, -0.1) is 0 Å². The third kappa shape index (κ3) is 4.36. The average molecular weight is 241 g/mol. The topological polar surface area (TPSA) is 57.6 Å². The fourth-order valence-corrected chi connectivity index (χ4v) is 2.33. The van der Waals surface area contributed by atoms with Gasteiger partial charge in [-0.2, -0.15) is 0 Å². The molecule has 0 aromatic heterocycles. The van der Waals surface area contributed by atoms with Gasteiger partial charge in [0, 0.05) is 13.0 Å². The van der Waals surface area contributed by atoms with Gasteiger partial charge in [0.25, 0.3) is 0 Å². The molecule has 1 heterocycles. The number of likely N-dealkylation sites (tertiary alicyclic amines) is 1. The van der Waals surface area contributed by atoms with Crippen molar-refractivity contribution in [2.24, 2.45) is 0 Å². The summed E-state index contributed by atoms with van der Waals surface area (Å²) in [4.78, 5) is 24.6. The van der Waals surface area contributed by atoms with E-state index >= 15 is 0 Å². The largest absolute Gasteiger partial charge is 0.480 e. The van der Waals surface area contributed by atoms with Crippen LogP contribution in [0.25, 0.3) is 0 Å². The lowest BCUT2D eigenvalue weighted by molar-refractivity contribution is -0.152. The molecule has 0 bridgehead atoms. The lowest BCUT2D eigenvalue weighted by atomic mass is 10.0. The molecular weight excluding hydrogens is 218 g/mol. The molecule has 4 nitrogen and oxygen atoms in total. The van der Waals surface area contributed by atoms with Crippen molar-refractivity contribution in [2.45, 2.75) is 64.3 Å². The Balaban J connectivity index is 2.39. The number of hydrogen-bond acceptors (Lipinski definition) is 2. The summed E-state index contributed by atoms with van der Waals surface area (Å²) >= 11 is 0. The molecule has 0 radical (unpaired) electrons. The number of carbonyl (C=O) groups excluding carboxylic acids is 1. The van der Waals surface area contributed by atoms with Crippen molar-refractivity contribution in [2.75, 3.05) is 6.54 Å². The molecule has 0 aliphatic carbocycles. The van der Waals surface area contributed by atoms with Crippen molar-refractivity contribution in [1.29, 1.82) is 0 Å². The second kappa shape index (κ2) is 7.30. The molecule has 1 rings (SSSR count). The predicted octanol–water partition coefficient (Wildman–Crippen LogP) is 2.42. The Kier molecular flexibility index (Phi) is 6.01. The van der Waals surface area contributed by atoms with Gasteiger partial charge in [0.2, 0.25) is 5.91 Å². The quantitative estimate of drug-likeness (QED) is 0.726. The van der Waals surface area contributed by atoms with Crippen LogP contribution < -0.4 is 0 Å². The average Bonchev–Trinajstić information content (AvgIpc) is 2.34. The van der Waals surface area contributed by atoms with Gasteiger partial charge in [0.1, 0.15) is 6.04 Å². The number of amides is 1. The molecule has 0 aromatic rings. The standard InChI is InChI=1S/C13H23NO3/c1-2-3-4-5-9-12(15)14-10-7-6-8-11(14)13(16)17/h11H,2-10H2,1H3,(H,16,17). The first-order valence-corrected chi connectivity index (χ1v) is 6.69. The number of carboxylic acids is 1. The maximum Gasteiger partial charge on any atom is 0.326 e. The zero-order chi connectivity index (χ0) is 12.7. The molecule has 1 unspecified atom stereocenters. The van der Waals surface area contributed by atoms with Crippen molar-refractivity contribution in [3.8, 4) is 0 Å². The number of piperidine rings is 1. The Morgan fingerprint density at radius 3 is 2.65 bits per heavy atom. The van der Waals surface area contributed by atoms with Crippen molar-refractivity contribution in [1.82, 2.24) is 4.90 Å². The fourth-order valence-electron chi connectivity index (χ4n) is 2.33. The number of carbonyl (C=O) groups is 2. The Hall–Kier alpha value is -1.06. The molecule has 17 heavy (non-hydrogen) atoms. The number of aliphatic carboxylic acids is 1. The minimum Gasteiger partial charge on any atom is -0.480 e. The molecule has 1 aliphatic rings. The summed E-state index contributed by atoms with van der Waals surface area (Å²) in [5.74, 6) is -0.834. The zero-order valence-corrected chi connectivity index (χ0v) is 10.7. The molecule has 0 aromatic carbocycles. The number of nitrogens with zero attached hydrogens (tertiary/aromatic N) is 1. The van der Waals surface area contributed by atoms with Gasteiger partial charge in [0.15, 0.2) is 0 Å². The van der Waals surface area contributed by atoms with Gasteiger partial charge in [-0.1, -0.05) is 26.2 Å². The SMILES string of the molecule is CCCCCCC(=O)N1CCCCC1C(=O)O. The third-order valence-electron chi connectivity index (χ3n) is 3.35. The van der Waals surface area contributed by atoms with Crippen LogP contribution in [0.2, 0.25) is 0 Å². The van der Waals surface area contributed by atoms with Crippen molar-refractivity contribution in [3.63, 3.8) is 0 Å². The Morgan fingerprint density at radius 2 is 2.00 bits per heavy atom. The van der Waals surface area contributed by atoms with Crippen molar-refractivity contribution < 1.29 is 14.7 Å². The van der Waals surface area contributed by atoms with Gasteiger partial charge in [-0.3, -0.25) is 4.79 Å². The second-order valence-electron chi connectivity index (χ2n) is 4.75. The van der Waals surface area contributed by atoms with E-state index in [2.05, 4.69) is 6.92 Å². The van der Waals surface area contributed by atoms with E-state index in [1.54, 1.807) is 4.90 Å². The van der Waals surface area contributed by atoms with Crippen LogP contribution in [0.15, 0.2) is 0 Å². The molecule has 1 N–H and O–H groups in total. The molecule has 1 saturated heterocycles. The highest BCUT2D eigenvalue weighted by molar-refractivity contribution is 5.83. The summed E-state index contributed by atoms with van der Waals surface area (Å²) in [6.07, 6.45) is 7.20. The van der Waals surface area contributed by atoms with Gasteiger partial charge >= 0.3 is 5.97 Å². The molecule has 1 atom stereocenters. The van der Waals surface area contributed by atoms with Crippen LogP contribution in [-0.4, -0.2) is 34.5 Å². The number of unbranched alkanes of at least 4 members (excludes halogenated alkanes) is 3. The number of rotatable bonds is 6. The number of hydrogen-bond donors (Lipinski definition) is 1. The van der Waals surface area contributed by atoms with Crippen LogP contribution in [0.1, 0.15) is 58.3 Å². The molecule has 4 heteroatoms. The van der Waals surface area contributed by atoms with Crippen LogP contribution in [0.3, 0.4) is 0 Å². The van der Waals surface area contributed by atoms with Crippen LogP contribution in [0, 0.1) is 0 Å². The first-order valence-electron chi connectivity index (χ1n) is 6.69. The minimum atomic E-state index is -0.855. The molecule has 1 aliphatic heterocycles. The maximum atomic E-state index is 11.9. The number of carboxylic acid groups (broad SMARTS) is 1. The van der Waals surface area contributed by atoms with E-state index in [0.29, 0.717) is 19.4 Å². The smallest absolute Gasteiger partial charge is 0.326 e. The molecule has 1 fully saturated rings. The Morgan fingerprint density at radius 1 is 1.24 bits per heavy atom. The monoisotopic (exact) mass is 241 g/mol. The molecule has 0 saturated carbocycles. The molecule has 0 spiro atoms. The predicted molar refractivity (Wildman–Crippen MR) is 65.7 cm³/mol. The highest BCUT2D eigenvalue weighted by Gasteiger charge is 2.31.